The predicted octanol–water partition coefficient (Wildman–Crippen LogP) is 4.73. The first kappa shape index (κ1) is 22.9. The summed E-state index contributed by atoms with van der Waals surface area (Å²) in [5.41, 5.74) is -1.41. The van der Waals surface area contributed by atoms with E-state index in [4.69, 9.17) is 11.6 Å². The van der Waals surface area contributed by atoms with E-state index in [-0.39, 0.29) is 30.6 Å². The second kappa shape index (κ2) is 8.27. The number of halogens is 7. The lowest BCUT2D eigenvalue weighted by atomic mass is 10.2. The Kier molecular flexibility index (Phi) is 5.93. The minimum atomic E-state index is -4.72. The Morgan fingerprint density at radius 3 is 2.25 bits per heavy atom. The van der Waals surface area contributed by atoms with Crippen LogP contribution >= 0.6 is 11.6 Å². The summed E-state index contributed by atoms with van der Waals surface area (Å²) < 4.78 is 80.4. The number of nitrogens with zero attached hydrogens (tertiary/aromatic N) is 4. The van der Waals surface area contributed by atoms with Crippen LogP contribution in [0.15, 0.2) is 6.07 Å². The third kappa shape index (κ3) is 5.05. The molecule has 0 aliphatic heterocycles. The van der Waals surface area contributed by atoms with Gasteiger partial charge < -0.3 is 5.32 Å². The van der Waals surface area contributed by atoms with E-state index in [1.54, 1.807) is 0 Å². The van der Waals surface area contributed by atoms with E-state index in [0.29, 0.717) is 25.0 Å². The molecule has 0 radical (unpaired) electrons. The number of hydrogen-bond donors (Lipinski definition) is 1. The number of rotatable bonds is 8. The highest BCUT2D eigenvalue weighted by molar-refractivity contribution is 6.32. The molecular weight excluding hydrogens is 464 g/mol. The largest absolute Gasteiger partial charge is 0.436 e. The summed E-state index contributed by atoms with van der Waals surface area (Å²) in [7, 11) is 0. The molecule has 176 valence electrons. The average molecular weight is 484 g/mol. The summed E-state index contributed by atoms with van der Waals surface area (Å²) in [6, 6.07) is 1.06. The topological polar surface area (TPSA) is 64.7 Å². The van der Waals surface area contributed by atoms with E-state index >= 15 is 0 Å². The van der Waals surface area contributed by atoms with E-state index in [2.05, 4.69) is 15.5 Å². The van der Waals surface area contributed by atoms with Crippen LogP contribution in [-0.2, 0) is 30.2 Å². The van der Waals surface area contributed by atoms with Crippen LogP contribution in [0.5, 0.6) is 0 Å². The van der Waals surface area contributed by atoms with E-state index < -0.39 is 41.2 Å². The Bertz CT molecular complexity index is 1000. The lowest BCUT2D eigenvalue weighted by Gasteiger charge is -2.10. The van der Waals surface area contributed by atoms with Crippen LogP contribution in [0.2, 0.25) is 5.02 Å². The van der Waals surface area contributed by atoms with Gasteiger partial charge in [-0.3, -0.25) is 14.2 Å². The van der Waals surface area contributed by atoms with Gasteiger partial charge in [-0.05, 0) is 38.2 Å². The zero-order chi connectivity index (χ0) is 23.3. The highest BCUT2D eigenvalue weighted by atomic mass is 35.5. The lowest BCUT2D eigenvalue weighted by molar-refractivity contribution is -0.142. The van der Waals surface area contributed by atoms with Gasteiger partial charge in [0, 0.05) is 30.6 Å². The number of nitrogens with one attached hydrogen (secondary N) is 1. The van der Waals surface area contributed by atoms with Gasteiger partial charge in [-0.2, -0.15) is 36.5 Å². The highest BCUT2D eigenvalue weighted by Gasteiger charge is 2.42. The van der Waals surface area contributed by atoms with Gasteiger partial charge in [0.1, 0.15) is 6.54 Å². The number of aryl methyl sites for hydroxylation is 1. The molecule has 0 saturated heterocycles. The summed E-state index contributed by atoms with van der Waals surface area (Å²) in [5, 5.41) is 9.24. The number of alkyl halides is 6. The molecule has 2 saturated carbocycles. The first-order valence-electron chi connectivity index (χ1n) is 10.2. The highest BCUT2D eigenvalue weighted by Crippen LogP contribution is 2.47. The summed E-state index contributed by atoms with van der Waals surface area (Å²) in [4.78, 5) is 12.2. The van der Waals surface area contributed by atoms with Gasteiger partial charge in [0.2, 0.25) is 5.91 Å². The van der Waals surface area contributed by atoms with Crippen molar-refractivity contribution < 1.29 is 31.1 Å². The van der Waals surface area contributed by atoms with E-state index in [1.807, 2.05) is 0 Å². The minimum absolute atomic E-state index is 0.0708. The maximum absolute atomic E-state index is 13.1. The fraction of sp³-hybridized carbons (Fsp3) is 0.632. The number of aromatic nitrogens is 4. The maximum Gasteiger partial charge on any atom is 0.436 e. The summed E-state index contributed by atoms with van der Waals surface area (Å²) >= 11 is 5.88. The van der Waals surface area contributed by atoms with E-state index in [0.717, 1.165) is 23.6 Å². The first-order valence-corrected chi connectivity index (χ1v) is 10.6. The Hall–Kier alpha value is -2.24. The average Bonchev–Trinajstić information content (AvgIpc) is 3.60. The molecule has 0 atom stereocenters. The van der Waals surface area contributed by atoms with E-state index in [1.165, 1.54) is 4.68 Å². The van der Waals surface area contributed by atoms with Crippen molar-refractivity contribution in [3.8, 4) is 0 Å². The van der Waals surface area contributed by atoms with Crippen molar-refractivity contribution in [1.29, 1.82) is 0 Å². The molecular formula is C19H20ClF6N5O. The Balaban J connectivity index is 1.34. The van der Waals surface area contributed by atoms with Crippen LogP contribution in [-0.4, -0.2) is 32.0 Å². The molecule has 2 aromatic heterocycles. The van der Waals surface area contributed by atoms with Crippen molar-refractivity contribution in [1.82, 2.24) is 24.9 Å². The Labute approximate surface area is 183 Å². The monoisotopic (exact) mass is 483 g/mol. The van der Waals surface area contributed by atoms with Gasteiger partial charge in [0.15, 0.2) is 11.4 Å². The molecule has 0 aromatic carbocycles. The van der Waals surface area contributed by atoms with E-state index in [9.17, 15) is 31.1 Å². The van der Waals surface area contributed by atoms with Crippen molar-refractivity contribution >= 4 is 17.5 Å². The Morgan fingerprint density at radius 1 is 1.03 bits per heavy atom. The molecule has 2 aliphatic rings. The fourth-order valence-electron chi connectivity index (χ4n) is 3.61. The predicted molar refractivity (Wildman–Crippen MR) is 101 cm³/mol. The van der Waals surface area contributed by atoms with Gasteiger partial charge in [-0.15, -0.1) is 0 Å². The maximum atomic E-state index is 13.1. The van der Waals surface area contributed by atoms with Crippen LogP contribution in [0.3, 0.4) is 0 Å². The third-order valence-electron chi connectivity index (χ3n) is 5.42. The molecule has 0 bridgehead atoms. The second-order valence-electron chi connectivity index (χ2n) is 8.13. The van der Waals surface area contributed by atoms with Gasteiger partial charge in [0.05, 0.1) is 10.7 Å². The van der Waals surface area contributed by atoms with Crippen molar-refractivity contribution in [2.75, 3.05) is 6.54 Å². The molecule has 13 heteroatoms. The molecule has 2 aliphatic carbocycles. The quantitative estimate of drug-likeness (QED) is 0.436. The van der Waals surface area contributed by atoms with Gasteiger partial charge >= 0.3 is 12.4 Å². The standard InChI is InChI=1S/C19H20ClF6N5O/c20-15-16(11-4-5-11)31(29-17(15)19(24,25)26)9-14(32)27-6-1-7-30-12(10-2-3-10)8-13(28-30)18(21,22)23/h8,10-11H,1-7,9H2,(H,27,32). The van der Waals surface area contributed by atoms with Crippen molar-refractivity contribution in [2.45, 2.75) is 69.4 Å². The molecule has 2 fully saturated rings. The minimum Gasteiger partial charge on any atom is -0.354 e. The van der Waals surface area contributed by atoms with Crippen LogP contribution in [0, 0.1) is 0 Å². The zero-order valence-corrected chi connectivity index (χ0v) is 17.5. The second-order valence-corrected chi connectivity index (χ2v) is 8.51. The van der Waals surface area contributed by atoms with Gasteiger partial charge in [-0.1, -0.05) is 11.6 Å². The molecule has 0 unspecified atom stereocenters. The SMILES string of the molecule is O=C(Cn1nc(C(F)(F)F)c(Cl)c1C1CC1)NCCCn1nc(C(F)(F)F)cc1C1CC1. The third-order valence-corrected chi connectivity index (χ3v) is 5.80. The number of hydrogen-bond acceptors (Lipinski definition) is 3. The van der Waals surface area contributed by atoms with Crippen LogP contribution in [0.25, 0.3) is 0 Å². The summed E-state index contributed by atoms with van der Waals surface area (Å²) in [6.07, 6.45) is -5.95. The molecule has 0 spiro atoms. The van der Waals surface area contributed by atoms with Gasteiger partial charge in [-0.25, -0.2) is 0 Å². The fourth-order valence-corrected chi connectivity index (χ4v) is 4.00. The molecule has 2 heterocycles. The number of amides is 1. The number of carbonyl (C=O) groups is 1. The molecule has 6 nitrogen and oxygen atoms in total. The molecule has 1 amide bonds. The zero-order valence-electron chi connectivity index (χ0n) is 16.7. The van der Waals surface area contributed by atoms with Gasteiger partial charge in [0.25, 0.3) is 0 Å². The van der Waals surface area contributed by atoms with Crippen LogP contribution in [0.4, 0.5) is 26.3 Å². The van der Waals surface area contributed by atoms with Crippen molar-refractivity contribution in [3.63, 3.8) is 0 Å². The smallest absolute Gasteiger partial charge is 0.354 e. The number of carbonyl (C=O) groups excluding carboxylic acids is 1. The summed E-state index contributed by atoms with van der Waals surface area (Å²) in [6.45, 7) is -0.111. The molecule has 1 N–H and O–H groups in total. The summed E-state index contributed by atoms with van der Waals surface area (Å²) in [5.74, 6) is -0.637. The van der Waals surface area contributed by atoms with Crippen LogP contribution < -0.4 is 5.32 Å². The van der Waals surface area contributed by atoms with Crippen molar-refractivity contribution in [2.24, 2.45) is 0 Å². The van der Waals surface area contributed by atoms with Crippen molar-refractivity contribution in [3.05, 3.63) is 33.9 Å². The molecule has 32 heavy (non-hydrogen) atoms. The normalized spacial score (nSPS) is 17.1. The lowest BCUT2D eigenvalue weighted by Crippen LogP contribution is -2.30. The molecule has 4 rings (SSSR count). The van der Waals surface area contributed by atoms with Crippen LogP contribution in [0.1, 0.15) is 66.7 Å². The Morgan fingerprint density at radius 2 is 1.69 bits per heavy atom. The first-order chi connectivity index (χ1) is 14.9. The molecule has 2 aromatic rings.